The molecule has 0 radical (unpaired) electrons. The van der Waals surface area contributed by atoms with Gasteiger partial charge in [0.05, 0.1) is 6.54 Å². The second-order valence-electron chi connectivity index (χ2n) is 5.01. The maximum Gasteiger partial charge on any atom is 0.344 e. The van der Waals surface area contributed by atoms with Crippen LogP contribution in [0.2, 0.25) is 0 Å². The number of ether oxygens (including phenoxy) is 1. The number of esters is 1. The Labute approximate surface area is 180 Å². The van der Waals surface area contributed by atoms with Gasteiger partial charge in [-0.3, -0.25) is 4.90 Å². The number of benzene rings is 1. The molecule has 0 aromatic heterocycles. The number of carbonyl (C=O) groups is 1. The second-order valence-corrected chi connectivity index (χ2v) is 5.01. The molecule has 0 spiro atoms. The summed E-state index contributed by atoms with van der Waals surface area (Å²) < 4.78 is 136. The monoisotopic (exact) mass is 373 g/mol. The van der Waals surface area contributed by atoms with Crippen molar-refractivity contribution in [2.24, 2.45) is 5.89 Å². The fraction of sp³-hybridized carbons (Fsp3) is 0.591. The van der Waals surface area contributed by atoms with E-state index in [4.69, 9.17) is 26.7 Å². The molecule has 4 heteroatoms. The Hall–Kier alpha value is -1.83. The van der Waals surface area contributed by atoms with Crippen molar-refractivity contribution < 1.29 is 35.2 Å². The van der Waals surface area contributed by atoms with Gasteiger partial charge in [-0.05, 0) is 31.3 Å². The molecule has 4 nitrogen and oxygen atoms in total. The largest absolute Gasteiger partial charge is 0.450 e. The average Bonchev–Trinajstić information content (AvgIpc) is 2.84. The van der Waals surface area contributed by atoms with Crippen molar-refractivity contribution in [3.05, 3.63) is 35.9 Å². The lowest BCUT2D eigenvalue weighted by molar-refractivity contribution is -0.174. The summed E-state index contributed by atoms with van der Waals surface area (Å²) in [6, 6.07) is 5.91. The number of carbonyl (C=O) groups excluding carboxylic acids is 1. The molecular formula is C22H31NO3. The highest BCUT2D eigenvalue weighted by atomic mass is 16.5. The molecule has 26 heavy (non-hydrogen) atoms. The summed E-state index contributed by atoms with van der Waals surface area (Å²) in [6.45, 7) is -3.52. The van der Waals surface area contributed by atoms with E-state index in [-0.39, 0.29) is 0 Å². The Morgan fingerprint density at radius 3 is 2.65 bits per heavy atom. The summed E-state index contributed by atoms with van der Waals surface area (Å²) in [5.74, 6) is -1.22. The van der Waals surface area contributed by atoms with Gasteiger partial charge in [-0.25, -0.2) is 4.79 Å². The molecule has 1 fully saturated rings. The Morgan fingerprint density at radius 2 is 2.04 bits per heavy atom. The van der Waals surface area contributed by atoms with Crippen molar-refractivity contribution in [3.63, 3.8) is 0 Å². The maximum absolute atomic E-state index is 13.7. The topological polar surface area (TPSA) is 49.8 Å². The van der Waals surface area contributed by atoms with E-state index in [9.17, 15) is 4.79 Å². The first-order valence-electron chi connectivity index (χ1n) is 15.7. The molecule has 0 amide bonds. The van der Waals surface area contributed by atoms with Gasteiger partial charge in [0.2, 0.25) is 1.43 Å². The van der Waals surface area contributed by atoms with Crippen LogP contribution in [0.15, 0.2) is 30.3 Å². The molecule has 1 aromatic carbocycles. The van der Waals surface area contributed by atoms with E-state index in [0.29, 0.717) is 0 Å². The van der Waals surface area contributed by atoms with Gasteiger partial charge in [-0.2, -0.15) is 0 Å². The first-order valence-corrected chi connectivity index (χ1v) is 7.78. The summed E-state index contributed by atoms with van der Waals surface area (Å²) in [6.07, 6.45) is -20.0. The number of hydrogen-bond donors (Lipinski definition) is 1. The van der Waals surface area contributed by atoms with E-state index >= 15 is 0 Å². The van der Waals surface area contributed by atoms with Gasteiger partial charge >= 0.3 is 5.97 Å². The molecule has 0 bridgehead atoms. The third-order valence-electron chi connectivity index (χ3n) is 3.50. The maximum atomic E-state index is 13.7. The van der Waals surface area contributed by atoms with Gasteiger partial charge in [0, 0.05) is 26.5 Å². The van der Waals surface area contributed by atoms with Gasteiger partial charge in [0.25, 0.3) is 0 Å². The highest BCUT2D eigenvalue weighted by Gasteiger charge is 2.46. The Morgan fingerprint density at radius 1 is 1.35 bits per heavy atom. The summed E-state index contributed by atoms with van der Waals surface area (Å²) in [5.41, 5.74) is -4.16. The highest BCUT2D eigenvalue weighted by molar-refractivity contribution is 5.81. The third kappa shape index (κ3) is 5.09. The van der Waals surface area contributed by atoms with Crippen LogP contribution in [0, 0.1) is 17.7 Å². The molecule has 0 heterocycles. The van der Waals surface area contributed by atoms with Crippen LogP contribution in [-0.4, -0.2) is 43.6 Å². The molecule has 2 rings (SSSR count). The smallest absolute Gasteiger partial charge is 0.344 e. The quantitative estimate of drug-likeness (QED) is 0.561. The van der Waals surface area contributed by atoms with Crippen molar-refractivity contribution in [1.29, 1.82) is 1.43 Å². The number of rotatable bonds is 8. The fourth-order valence-electron chi connectivity index (χ4n) is 2.12. The van der Waals surface area contributed by atoms with Crippen LogP contribution < -0.4 is 0 Å². The van der Waals surface area contributed by atoms with E-state index < -0.39 is 81.0 Å². The standard InChI is InChI=1S/C22H31NO3/c1-3-23(4-2)17-11-12-18-26-21(24)22(25,19-13-7-5-8-14-19)20-15-9-6-10-16-20/h5,7-8,13-14,20,25H,3-4,6,9-10,15-18H2,1-2H3/i3D2,4D2,6D2,9D2,10D2,15D2,16D2,20D,25D. The zero-order chi connectivity index (χ0) is 33.0. The summed E-state index contributed by atoms with van der Waals surface area (Å²) >= 11 is 0. The molecule has 1 unspecified atom stereocenters. The summed E-state index contributed by atoms with van der Waals surface area (Å²) in [4.78, 5) is 14.5. The van der Waals surface area contributed by atoms with Crippen LogP contribution in [0.4, 0.5) is 0 Å². The first-order chi connectivity index (χ1) is 18.7. The summed E-state index contributed by atoms with van der Waals surface area (Å²) in [5, 5.41) is 4.64. The lowest BCUT2D eigenvalue weighted by atomic mass is 9.73. The van der Waals surface area contributed by atoms with Crippen LogP contribution in [-0.2, 0) is 15.1 Å². The Balaban J connectivity index is 2.74. The second kappa shape index (κ2) is 10.4. The molecule has 1 aliphatic rings. The van der Waals surface area contributed by atoms with Gasteiger partial charge in [-0.1, -0.05) is 75.1 Å². The van der Waals surface area contributed by atoms with Crippen molar-refractivity contribution in [3.8, 4) is 11.8 Å². The third-order valence-corrected chi connectivity index (χ3v) is 3.50. The minimum Gasteiger partial charge on any atom is -0.450 e. The SMILES string of the molecule is [2H]OC(C(=O)OCC#CCN(C([2H])([2H])C)C([2H])([2H])C)(c1ccccc1)C1([2H])C([2H])([2H])C([2H])([2H])C([2H])([2H])C([2H])([2H])C1([2H])[2H]. The molecule has 1 aromatic rings. The van der Waals surface area contributed by atoms with Gasteiger partial charge in [-0.15, -0.1) is 0 Å². The number of aliphatic hydroxyl groups is 1. The van der Waals surface area contributed by atoms with Crippen LogP contribution in [0.3, 0.4) is 0 Å². The first kappa shape index (κ1) is 7.66. The zero-order valence-electron chi connectivity index (χ0n) is 30.5. The predicted octanol–water partition coefficient (Wildman–Crippen LogP) is 3.34. The van der Waals surface area contributed by atoms with Gasteiger partial charge in [0.15, 0.2) is 12.2 Å². The molecule has 0 aliphatic heterocycles. The van der Waals surface area contributed by atoms with E-state index in [1.165, 1.54) is 18.2 Å². The summed E-state index contributed by atoms with van der Waals surface area (Å²) in [7, 11) is 0. The van der Waals surface area contributed by atoms with E-state index in [0.717, 1.165) is 30.9 Å². The Bertz CT molecular complexity index is 1170. The van der Waals surface area contributed by atoms with Crippen molar-refractivity contribution >= 4 is 5.97 Å². The minimum atomic E-state index is -4.07. The highest BCUT2D eigenvalue weighted by Crippen LogP contribution is 2.40. The molecule has 1 N–H and O–H groups in total. The van der Waals surface area contributed by atoms with Crippen LogP contribution in [0.5, 0.6) is 0 Å². The average molecular weight is 374 g/mol. The number of nitrogens with zero attached hydrogens (tertiary/aromatic N) is 1. The van der Waals surface area contributed by atoms with Crippen molar-refractivity contribution in [2.75, 3.05) is 26.1 Å². The predicted molar refractivity (Wildman–Crippen MR) is 103 cm³/mol. The lowest BCUT2D eigenvalue weighted by Crippen LogP contribution is -2.45. The van der Waals surface area contributed by atoms with Crippen LogP contribution in [0.25, 0.3) is 0 Å². The van der Waals surface area contributed by atoms with Crippen molar-refractivity contribution in [2.45, 2.75) is 51.3 Å². The molecule has 1 aliphatic carbocycles. The lowest BCUT2D eigenvalue weighted by Gasteiger charge is -2.36. The van der Waals surface area contributed by atoms with Gasteiger partial charge < -0.3 is 9.85 Å². The molecule has 1 saturated carbocycles. The normalized spacial score (nSPS) is 38.3. The number of hydrogen-bond acceptors (Lipinski definition) is 4. The fourth-order valence-corrected chi connectivity index (χ4v) is 2.12. The van der Waals surface area contributed by atoms with E-state index in [1.807, 2.05) is 0 Å². The van der Waals surface area contributed by atoms with Crippen LogP contribution in [0.1, 0.15) is 71.8 Å². The van der Waals surface area contributed by atoms with E-state index in [1.54, 1.807) is 0 Å². The van der Waals surface area contributed by atoms with Gasteiger partial charge in [0.1, 0.15) is 0 Å². The minimum absolute atomic E-state index is 0.494. The van der Waals surface area contributed by atoms with Crippen LogP contribution >= 0.6 is 0 Å². The zero-order valence-corrected chi connectivity index (χ0v) is 14.5. The Kier molecular flexibility index (Phi) is 3.05. The molecule has 142 valence electrons. The molecular weight excluding hydrogens is 326 g/mol. The molecule has 0 saturated heterocycles. The van der Waals surface area contributed by atoms with Crippen molar-refractivity contribution in [1.82, 2.24) is 4.90 Å². The van der Waals surface area contributed by atoms with E-state index in [2.05, 4.69) is 16.9 Å². The molecule has 1 atom stereocenters.